The minimum Gasteiger partial charge on any atom is -0.234 e. The topological polar surface area (TPSA) is 24.7 Å². The smallest absolute Gasteiger partial charge is 0.153 e. The molecule has 0 aliphatic heterocycles. The van der Waals surface area contributed by atoms with Gasteiger partial charge in [-0.1, -0.05) is 109 Å². The molecule has 172 valence electrons. The molecule has 0 saturated carbocycles. The van der Waals surface area contributed by atoms with Gasteiger partial charge >= 0.3 is 0 Å². The summed E-state index contributed by atoms with van der Waals surface area (Å²) in [6.45, 7) is 0. The van der Waals surface area contributed by atoms with E-state index in [4.69, 9.17) is 9.98 Å². The van der Waals surface area contributed by atoms with E-state index < -0.39 is 0 Å². The molecule has 0 bridgehead atoms. The first-order valence-corrected chi connectivity index (χ1v) is 13.4. The maximum atomic E-state index is 5.20. The monoisotopic (exact) mass is 498 g/mol. The molecule has 6 rings (SSSR count). The second-order valence-electron chi connectivity index (χ2n) is 8.25. The number of fused-ring (bicyclic) bond motifs is 1. The van der Waals surface area contributed by atoms with Gasteiger partial charge in [0.15, 0.2) is 9.34 Å². The molecular formula is C32H22N2S2. The molecule has 0 spiro atoms. The molecule has 0 radical (unpaired) electrons. The van der Waals surface area contributed by atoms with Crippen LogP contribution in [0.2, 0.25) is 0 Å². The molecule has 36 heavy (non-hydrogen) atoms. The zero-order valence-electron chi connectivity index (χ0n) is 19.4. The predicted octanol–water partition coefficient (Wildman–Crippen LogP) is 8.76. The lowest BCUT2D eigenvalue weighted by Crippen LogP contribution is -2.19. The number of hydrogen-bond acceptors (Lipinski definition) is 4. The molecule has 0 aliphatic rings. The van der Waals surface area contributed by atoms with Gasteiger partial charge in [-0.25, -0.2) is 9.98 Å². The SMILES string of the molecule is c1ccc(-c2ccccc2N=c2sc3ccccc3sc2=Nc2ccccc2-c2ccccc2)cc1. The van der Waals surface area contributed by atoms with Gasteiger partial charge in [-0.05, 0) is 35.4 Å². The van der Waals surface area contributed by atoms with Crippen molar-refractivity contribution in [2.24, 2.45) is 9.98 Å². The van der Waals surface area contributed by atoms with E-state index in [2.05, 4.69) is 109 Å². The Morgan fingerprint density at radius 3 is 1.17 bits per heavy atom. The van der Waals surface area contributed by atoms with E-state index in [9.17, 15) is 0 Å². The Morgan fingerprint density at radius 2 is 0.722 bits per heavy atom. The van der Waals surface area contributed by atoms with Crippen molar-refractivity contribution in [3.8, 4) is 22.3 Å². The normalized spacial score (nSPS) is 12.2. The van der Waals surface area contributed by atoms with E-state index in [1.165, 1.54) is 9.40 Å². The first-order valence-electron chi connectivity index (χ1n) is 11.8. The number of nitrogens with zero attached hydrogens (tertiary/aromatic N) is 2. The van der Waals surface area contributed by atoms with Gasteiger partial charge in [0.1, 0.15) is 0 Å². The van der Waals surface area contributed by atoms with Crippen molar-refractivity contribution < 1.29 is 0 Å². The molecule has 1 aromatic heterocycles. The first-order chi connectivity index (χ1) is 17.8. The van der Waals surface area contributed by atoms with Crippen LogP contribution in [-0.4, -0.2) is 0 Å². The summed E-state index contributed by atoms with van der Waals surface area (Å²) in [7, 11) is 0. The van der Waals surface area contributed by atoms with Gasteiger partial charge < -0.3 is 0 Å². The highest BCUT2D eigenvalue weighted by molar-refractivity contribution is 7.25. The summed E-state index contributed by atoms with van der Waals surface area (Å²) in [4.78, 5) is 10.4. The number of rotatable bonds is 4. The van der Waals surface area contributed by atoms with E-state index >= 15 is 0 Å². The second kappa shape index (κ2) is 10.2. The molecule has 0 unspecified atom stereocenters. The Balaban J connectivity index is 1.62. The summed E-state index contributed by atoms with van der Waals surface area (Å²) >= 11 is 3.37. The highest BCUT2D eigenvalue weighted by atomic mass is 32.1. The summed E-state index contributed by atoms with van der Waals surface area (Å²) in [6.07, 6.45) is 0. The van der Waals surface area contributed by atoms with Gasteiger partial charge in [-0.3, -0.25) is 0 Å². The largest absolute Gasteiger partial charge is 0.234 e. The van der Waals surface area contributed by atoms with Crippen LogP contribution in [0.1, 0.15) is 0 Å². The summed E-state index contributed by atoms with van der Waals surface area (Å²) in [6, 6.07) is 45.9. The highest BCUT2D eigenvalue weighted by Gasteiger charge is 2.07. The molecule has 1 heterocycles. The van der Waals surface area contributed by atoms with Crippen LogP contribution in [0.3, 0.4) is 0 Å². The van der Waals surface area contributed by atoms with Crippen LogP contribution >= 0.6 is 22.7 Å². The van der Waals surface area contributed by atoms with Gasteiger partial charge in [0.25, 0.3) is 0 Å². The molecule has 0 amide bonds. The van der Waals surface area contributed by atoms with E-state index in [0.717, 1.165) is 43.0 Å². The molecule has 0 N–H and O–H groups in total. The quantitative estimate of drug-likeness (QED) is 0.232. The average molecular weight is 499 g/mol. The Labute approximate surface area is 217 Å². The molecule has 6 aromatic rings. The number of para-hydroxylation sites is 2. The minimum absolute atomic E-state index is 0.907. The Morgan fingerprint density at radius 1 is 0.361 bits per heavy atom. The van der Waals surface area contributed by atoms with Crippen molar-refractivity contribution in [1.82, 2.24) is 0 Å². The standard InChI is InChI=1S/C32H22N2S2/c1-3-13-23(14-4-1)25-17-7-9-19-27(25)33-31-32(36-30-22-12-11-21-29(30)35-31)34-28-20-10-8-18-26(28)24-15-5-2-6-16-24/h1-22H. The van der Waals surface area contributed by atoms with Gasteiger partial charge in [-0.15, -0.1) is 22.7 Å². The van der Waals surface area contributed by atoms with Crippen molar-refractivity contribution in [2.75, 3.05) is 0 Å². The minimum atomic E-state index is 0.907. The molecule has 0 aliphatic carbocycles. The van der Waals surface area contributed by atoms with Crippen LogP contribution in [0.5, 0.6) is 0 Å². The lowest BCUT2D eigenvalue weighted by Gasteiger charge is -2.07. The van der Waals surface area contributed by atoms with Crippen molar-refractivity contribution in [1.29, 1.82) is 0 Å². The van der Waals surface area contributed by atoms with Gasteiger partial charge in [-0.2, -0.15) is 0 Å². The summed E-state index contributed by atoms with van der Waals surface area (Å²) in [5.41, 5.74) is 6.40. The number of hydrogen-bond donors (Lipinski definition) is 0. The van der Waals surface area contributed by atoms with Crippen LogP contribution < -0.4 is 9.34 Å². The lowest BCUT2D eigenvalue weighted by molar-refractivity contribution is 1.32. The third-order valence-electron chi connectivity index (χ3n) is 5.87. The Hall–Kier alpha value is -4.12. The Kier molecular flexibility index (Phi) is 6.36. The van der Waals surface area contributed by atoms with Crippen LogP contribution in [0, 0.1) is 0 Å². The Bertz CT molecular complexity index is 1650. The predicted molar refractivity (Wildman–Crippen MR) is 154 cm³/mol. The first kappa shape index (κ1) is 22.4. The molecule has 4 heteroatoms. The number of benzene rings is 5. The third-order valence-corrected chi connectivity index (χ3v) is 8.23. The molecule has 2 nitrogen and oxygen atoms in total. The molecular weight excluding hydrogens is 477 g/mol. The van der Waals surface area contributed by atoms with Gasteiger partial charge in [0.05, 0.1) is 11.4 Å². The zero-order chi connectivity index (χ0) is 24.2. The summed E-state index contributed by atoms with van der Waals surface area (Å²) in [5.74, 6) is 0. The molecule has 0 atom stereocenters. The van der Waals surface area contributed by atoms with Crippen molar-refractivity contribution in [3.63, 3.8) is 0 Å². The zero-order valence-corrected chi connectivity index (χ0v) is 21.0. The maximum Gasteiger partial charge on any atom is 0.153 e. The second-order valence-corrected chi connectivity index (χ2v) is 10.3. The van der Waals surface area contributed by atoms with Crippen molar-refractivity contribution >= 4 is 43.4 Å². The van der Waals surface area contributed by atoms with Gasteiger partial charge in [0, 0.05) is 20.5 Å². The van der Waals surface area contributed by atoms with Crippen LogP contribution in [-0.2, 0) is 0 Å². The maximum absolute atomic E-state index is 5.20. The molecule has 0 fully saturated rings. The van der Waals surface area contributed by atoms with Gasteiger partial charge in [0.2, 0.25) is 0 Å². The fourth-order valence-corrected chi connectivity index (χ4v) is 6.24. The lowest BCUT2D eigenvalue weighted by atomic mass is 10.0. The average Bonchev–Trinajstić information content (AvgIpc) is 2.95. The molecule has 5 aromatic carbocycles. The van der Waals surface area contributed by atoms with Crippen LogP contribution in [0.25, 0.3) is 31.7 Å². The van der Waals surface area contributed by atoms with Crippen LogP contribution in [0.4, 0.5) is 11.4 Å². The fraction of sp³-hybridized carbons (Fsp3) is 0. The van der Waals surface area contributed by atoms with E-state index in [-0.39, 0.29) is 0 Å². The van der Waals surface area contributed by atoms with Crippen molar-refractivity contribution in [2.45, 2.75) is 0 Å². The van der Waals surface area contributed by atoms with Crippen LogP contribution in [0.15, 0.2) is 143 Å². The van der Waals surface area contributed by atoms with E-state index in [1.807, 2.05) is 24.3 Å². The molecule has 0 saturated heterocycles. The van der Waals surface area contributed by atoms with E-state index in [1.54, 1.807) is 22.7 Å². The van der Waals surface area contributed by atoms with Crippen molar-refractivity contribution in [3.05, 3.63) is 143 Å². The summed E-state index contributed by atoms with van der Waals surface area (Å²) in [5, 5.41) is 0. The third kappa shape index (κ3) is 4.69. The summed E-state index contributed by atoms with van der Waals surface area (Å²) < 4.78 is 4.22. The highest BCUT2D eigenvalue weighted by Crippen LogP contribution is 2.31. The van der Waals surface area contributed by atoms with E-state index in [0.29, 0.717) is 0 Å². The fourth-order valence-electron chi connectivity index (χ4n) is 4.14.